The SMILES string of the molecule is CC(C)(C)COC(=O)Oc1ccc([N+](=O)[O-])cc1. The number of carbonyl (C=O) groups is 1. The fourth-order valence-corrected chi connectivity index (χ4v) is 1.04. The van der Waals surface area contributed by atoms with Crippen LogP contribution in [0.25, 0.3) is 0 Å². The highest BCUT2D eigenvalue weighted by atomic mass is 16.7. The number of hydrogen-bond acceptors (Lipinski definition) is 5. The third kappa shape index (κ3) is 4.82. The molecule has 6 heteroatoms. The predicted octanol–water partition coefficient (Wildman–Crippen LogP) is 3.16. The summed E-state index contributed by atoms with van der Waals surface area (Å²) in [7, 11) is 0. The first-order valence-corrected chi connectivity index (χ1v) is 5.37. The van der Waals surface area contributed by atoms with Crippen LogP contribution in [0.1, 0.15) is 20.8 Å². The van der Waals surface area contributed by atoms with Gasteiger partial charge in [0.05, 0.1) is 11.5 Å². The van der Waals surface area contributed by atoms with E-state index in [-0.39, 0.29) is 23.5 Å². The number of nitrogens with zero attached hydrogens (tertiary/aromatic N) is 1. The molecule has 0 aliphatic rings. The molecule has 0 aliphatic heterocycles. The second kappa shape index (κ2) is 5.48. The molecule has 0 aromatic heterocycles. The molecule has 0 unspecified atom stereocenters. The number of hydrogen-bond donors (Lipinski definition) is 0. The van der Waals surface area contributed by atoms with Crippen LogP contribution >= 0.6 is 0 Å². The number of nitro benzene ring substituents is 1. The van der Waals surface area contributed by atoms with E-state index in [0.29, 0.717) is 0 Å². The molecule has 18 heavy (non-hydrogen) atoms. The van der Waals surface area contributed by atoms with Gasteiger partial charge in [-0.3, -0.25) is 10.1 Å². The summed E-state index contributed by atoms with van der Waals surface area (Å²) in [5, 5.41) is 10.4. The van der Waals surface area contributed by atoms with E-state index in [2.05, 4.69) is 0 Å². The van der Waals surface area contributed by atoms with Gasteiger partial charge in [-0.2, -0.15) is 0 Å². The Labute approximate surface area is 105 Å². The van der Waals surface area contributed by atoms with Crippen molar-refractivity contribution in [1.29, 1.82) is 0 Å². The van der Waals surface area contributed by atoms with E-state index in [4.69, 9.17) is 9.47 Å². The van der Waals surface area contributed by atoms with E-state index < -0.39 is 11.1 Å². The van der Waals surface area contributed by atoms with Crippen LogP contribution < -0.4 is 4.74 Å². The number of carbonyl (C=O) groups excluding carboxylic acids is 1. The molecule has 0 radical (unpaired) electrons. The number of benzene rings is 1. The van der Waals surface area contributed by atoms with Crippen LogP contribution in [0.3, 0.4) is 0 Å². The number of ether oxygens (including phenoxy) is 2. The van der Waals surface area contributed by atoms with Crippen LogP contribution in [0.15, 0.2) is 24.3 Å². The fourth-order valence-electron chi connectivity index (χ4n) is 1.04. The summed E-state index contributed by atoms with van der Waals surface area (Å²) in [5.74, 6) is 0.208. The molecule has 6 nitrogen and oxygen atoms in total. The Morgan fingerprint density at radius 3 is 2.28 bits per heavy atom. The standard InChI is InChI=1S/C12H15NO5/c1-12(2,3)8-17-11(14)18-10-6-4-9(5-7-10)13(15)16/h4-7H,8H2,1-3H3. The molecule has 0 fully saturated rings. The van der Waals surface area contributed by atoms with E-state index in [9.17, 15) is 14.9 Å². The Kier molecular flexibility index (Phi) is 4.25. The second-order valence-corrected chi connectivity index (χ2v) is 4.95. The van der Waals surface area contributed by atoms with Gasteiger partial charge < -0.3 is 9.47 Å². The molecule has 0 atom stereocenters. The molecule has 0 heterocycles. The zero-order valence-corrected chi connectivity index (χ0v) is 10.5. The maximum Gasteiger partial charge on any atom is 0.513 e. The van der Waals surface area contributed by atoms with Gasteiger partial charge in [-0.05, 0) is 17.5 Å². The largest absolute Gasteiger partial charge is 0.513 e. The molecule has 0 spiro atoms. The fraction of sp³-hybridized carbons (Fsp3) is 0.417. The summed E-state index contributed by atoms with van der Waals surface area (Å²) in [6.45, 7) is 6.00. The third-order valence-corrected chi connectivity index (χ3v) is 1.87. The molecule has 98 valence electrons. The molecule has 0 saturated carbocycles. The zero-order chi connectivity index (χ0) is 13.8. The molecule has 1 rings (SSSR count). The van der Waals surface area contributed by atoms with Crippen LogP contribution in [0, 0.1) is 15.5 Å². The molecule has 0 aliphatic carbocycles. The third-order valence-electron chi connectivity index (χ3n) is 1.87. The second-order valence-electron chi connectivity index (χ2n) is 4.95. The van der Waals surface area contributed by atoms with Crippen molar-refractivity contribution in [2.75, 3.05) is 6.61 Å². The monoisotopic (exact) mass is 253 g/mol. The van der Waals surface area contributed by atoms with Gasteiger partial charge in [0.1, 0.15) is 5.75 Å². The van der Waals surface area contributed by atoms with Gasteiger partial charge in [-0.1, -0.05) is 20.8 Å². The molecule has 0 amide bonds. The van der Waals surface area contributed by atoms with E-state index in [0.717, 1.165) is 0 Å². The van der Waals surface area contributed by atoms with Crippen molar-refractivity contribution in [1.82, 2.24) is 0 Å². The first-order chi connectivity index (χ1) is 8.28. The summed E-state index contributed by atoms with van der Waals surface area (Å²) in [6.07, 6.45) is -0.821. The Hall–Kier alpha value is -2.11. The van der Waals surface area contributed by atoms with Crippen molar-refractivity contribution >= 4 is 11.8 Å². The van der Waals surface area contributed by atoms with Gasteiger partial charge in [0, 0.05) is 12.1 Å². The number of non-ortho nitro benzene ring substituents is 1. The Bertz CT molecular complexity index is 433. The summed E-state index contributed by atoms with van der Waals surface area (Å²) < 4.78 is 9.75. The van der Waals surface area contributed by atoms with E-state index in [1.165, 1.54) is 24.3 Å². The molecule has 0 N–H and O–H groups in total. The summed E-state index contributed by atoms with van der Waals surface area (Å²) in [4.78, 5) is 21.2. The predicted molar refractivity (Wildman–Crippen MR) is 64.5 cm³/mol. The summed E-state index contributed by atoms with van der Waals surface area (Å²) in [5.41, 5.74) is -0.209. The Morgan fingerprint density at radius 1 is 1.28 bits per heavy atom. The van der Waals surface area contributed by atoms with E-state index >= 15 is 0 Å². The normalized spacial score (nSPS) is 10.8. The van der Waals surface area contributed by atoms with Crippen molar-refractivity contribution < 1.29 is 19.2 Å². The first kappa shape index (κ1) is 14.0. The summed E-state index contributed by atoms with van der Waals surface area (Å²) in [6, 6.07) is 5.20. The molecular weight excluding hydrogens is 238 g/mol. The molecule has 0 saturated heterocycles. The minimum atomic E-state index is -0.821. The average molecular weight is 253 g/mol. The van der Waals surface area contributed by atoms with Gasteiger partial charge in [0.2, 0.25) is 0 Å². The van der Waals surface area contributed by atoms with Crippen LogP contribution in [0.4, 0.5) is 10.5 Å². The highest BCUT2D eigenvalue weighted by molar-refractivity contribution is 5.64. The lowest BCUT2D eigenvalue weighted by atomic mass is 9.99. The molecule has 0 bridgehead atoms. The van der Waals surface area contributed by atoms with Crippen molar-refractivity contribution in [2.45, 2.75) is 20.8 Å². The van der Waals surface area contributed by atoms with Crippen LogP contribution in [0.5, 0.6) is 5.75 Å². The lowest BCUT2D eigenvalue weighted by Crippen LogP contribution is -2.20. The van der Waals surface area contributed by atoms with Crippen molar-refractivity contribution in [3.05, 3.63) is 34.4 Å². The smallest absolute Gasteiger partial charge is 0.433 e. The van der Waals surface area contributed by atoms with E-state index in [1.807, 2.05) is 20.8 Å². The van der Waals surface area contributed by atoms with Gasteiger partial charge >= 0.3 is 6.16 Å². The molecular formula is C12H15NO5. The Balaban J connectivity index is 2.52. The molecule has 1 aromatic carbocycles. The zero-order valence-electron chi connectivity index (χ0n) is 10.5. The highest BCUT2D eigenvalue weighted by Crippen LogP contribution is 2.18. The average Bonchev–Trinajstić information content (AvgIpc) is 2.26. The summed E-state index contributed by atoms with van der Waals surface area (Å²) >= 11 is 0. The maximum absolute atomic E-state index is 11.3. The van der Waals surface area contributed by atoms with Crippen LogP contribution in [0.2, 0.25) is 0 Å². The van der Waals surface area contributed by atoms with Crippen molar-refractivity contribution in [3.63, 3.8) is 0 Å². The minimum Gasteiger partial charge on any atom is -0.433 e. The van der Waals surface area contributed by atoms with Gasteiger partial charge in [-0.15, -0.1) is 0 Å². The Morgan fingerprint density at radius 2 is 1.83 bits per heavy atom. The van der Waals surface area contributed by atoms with Crippen LogP contribution in [-0.2, 0) is 4.74 Å². The van der Waals surface area contributed by atoms with E-state index in [1.54, 1.807) is 0 Å². The number of rotatable bonds is 3. The molecule has 1 aromatic rings. The van der Waals surface area contributed by atoms with Gasteiger partial charge in [0.25, 0.3) is 5.69 Å². The topological polar surface area (TPSA) is 78.7 Å². The quantitative estimate of drug-likeness (QED) is 0.358. The van der Waals surface area contributed by atoms with Crippen molar-refractivity contribution in [3.8, 4) is 5.75 Å². The van der Waals surface area contributed by atoms with Gasteiger partial charge in [-0.25, -0.2) is 4.79 Å². The highest BCUT2D eigenvalue weighted by Gasteiger charge is 2.15. The van der Waals surface area contributed by atoms with Gasteiger partial charge in [0.15, 0.2) is 0 Å². The lowest BCUT2D eigenvalue weighted by molar-refractivity contribution is -0.384. The van der Waals surface area contributed by atoms with Crippen molar-refractivity contribution in [2.24, 2.45) is 5.41 Å². The number of nitro groups is 1. The first-order valence-electron chi connectivity index (χ1n) is 5.37. The maximum atomic E-state index is 11.3. The minimum absolute atomic E-state index is 0.0644. The van der Waals surface area contributed by atoms with Crippen LogP contribution in [-0.4, -0.2) is 17.7 Å². The lowest BCUT2D eigenvalue weighted by Gasteiger charge is -2.17.